The molecule has 0 radical (unpaired) electrons. The highest BCUT2D eigenvalue weighted by Crippen LogP contribution is 2.17. The molecule has 0 saturated carbocycles. The third-order valence-electron chi connectivity index (χ3n) is 3.88. The fraction of sp³-hybridized carbons (Fsp3) is 0.294. The van der Waals surface area contributed by atoms with Crippen LogP contribution in [0, 0.1) is 0 Å². The van der Waals surface area contributed by atoms with Gasteiger partial charge in [0.1, 0.15) is 18.1 Å². The van der Waals surface area contributed by atoms with Gasteiger partial charge < -0.3 is 9.47 Å². The number of fused-ring (bicyclic) bond motifs is 1. The number of carbonyl (C=O) groups is 1. The molecule has 0 fully saturated rings. The summed E-state index contributed by atoms with van der Waals surface area (Å²) >= 11 is 0. The number of likely N-dealkylation sites (N-methyl/N-ethyl adjacent to an activating group) is 1. The van der Waals surface area contributed by atoms with E-state index in [4.69, 9.17) is 10.2 Å². The summed E-state index contributed by atoms with van der Waals surface area (Å²) in [5.41, 5.74) is 4.08. The molecule has 0 unspecified atom stereocenters. The number of hydrogen-bond donors (Lipinski definition) is 2. The van der Waals surface area contributed by atoms with Gasteiger partial charge in [-0.1, -0.05) is 17.3 Å². The summed E-state index contributed by atoms with van der Waals surface area (Å²) in [6, 6.07) is 8.03. The average Bonchev–Trinajstić information content (AvgIpc) is 3.22. The Morgan fingerprint density at radius 1 is 1.35 bits per heavy atom. The summed E-state index contributed by atoms with van der Waals surface area (Å²) in [5, 5.41) is 16.6. The number of carbonyl (C=O) groups excluding carboxylic acids is 1. The van der Waals surface area contributed by atoms with Crippen molar-refractivity contribution in [2.75, 3.05) is 20.6 Å². The van der Waals surface area contributed by atoms with Gasteiger partial charge in [-0.3, -0.25) is 10.0 Å². The van der Waals surface area contributed by atoms with Gasteiger partial charge in [-0.25, -0.2) is 15.1 Å². The van der Waals surface area contributed by atoms with E-state index in [-0.39, 0.29) is 0 Å². The fourth-order valence-corrected chi connectivity index (χ4v) is 2.61. The largest absolute Gasteiger partial charge is 0.325 e. The molecule has 2 heterocycles. The van der Waals surface area contributed by atoms with E-state index in [1.807, 2.05) is 32.3 Å². The van der Waals surface area contributed by atoms with E-state index in [0.717, 1.165) is 29.9 Å². The third-order valence-corrected chi connectivity index (χ3v) is 3.88. The van der Waals surface area contributed by atoms with Crippen molar-refractivity contribution in [2.45, 2.75) is 13.1 Å². The number of imidazole rings is 1. The first-order valence-electron chi connectivity index (χ1n) is 8.18. The molecule has 3 rings (SSSR count). The van der Waals surface area contributed by atoms with Gasteiger partial charge in [0.15, 0.2) is 0 Å². The lowest BCUT2D eigenvalue weighted by Crippen LogP contribution is -2.20. The Labute approximate surface area is 150 Å². The van der Waals surface area contributed by atoms with Crippen LogP contribution < -0.4 is 5.48 Å². The van der Waals surface area contributed by atoms with Crippen LogP contribution in [-0.4, -0.2) is 61.2 Å². The monoisotopic (exact) mass is 355 g/mol. The predicted molar refractivity (Wildman–Crippen MR) is 96.4 cm³/mol. The summed E-state index contributed by atoms with van der Waals surface area (Å²) in [6.45, 7) is 2.19. The van der Waals surface area contributed by atoms with Crippen molar-refractivity contribution in [3.63, 3.8) is 0 Å². The summed E-state index contributed by atoms with van der Waals surface area (Å²) in [4.78, 5) is 17.9. The van der Waals surface area contributed by atoms with Crippen LogP contribution in [0.4, 0.5) is 0 Å². The van der Waals surface area contributed by atoms with Crippen molar-refractivity contribution in [2.24, 2.45) is 0 Å². The maximum Gasteiger partial charge on any atom is 0.267 e. The zero-order valence-electron chi connectivity index (χ0n) is 14.7. The van der Waals surface area contributed by atoms with Crippen LogP contribution in [0.3, 0.4) is 0 Å². The number of amides is 1. The SMILES string of the molecule is CN(C)CCn1c(Cn2cc(C=CC(=O)NO)nn2)nc2ccccc21. The highest BCUT2D eigenvalue weighted by molar-refractivity contribution is 5.90. The molecular weight excluding hydrogens is 334 g/mol. The molecule has 0 aliphatic heterocycles. The number of benzene rings is 1. The van der Waals surface area contributed by atoms with E-state index in [1.165, 1.54) is 17.6 Å². The quantitative estimate of drug-likeness (QED) is 0.369. The van der Waals surface area contributed by atoms with Gasteiger partial charge in [0, 0.05) is 19.2 Å². The number of rotatable bonds is 7. The van der Waals surface area contributed by atoms with Crippen molar-refractivity contribution < 1.29 is 10.0 Å². The second-order valence-corrected chi connectivity index (χ2v) is 6.12. The first-order chi connectivity index (χ1) is 12.6. The van der Waals surface area contributed by atoms with E-state index >= 15 is 0 Å². The van der Waals surface area contributed by atoms with E-state index in [9.17, 15) is 4.79 Å². The van der Waals surface area contributed by atoms with Crippen LogP contribution in [0.15, 0.2) is 36.5 Å². The Bertz CT molecular complexity index is 926. The van der Waals surface area contributed by atoms with Crippen LogP contribution in [0.1, 0.15) is 11.5 Å². The molecule has 9 heteroatoms. The van der Waals surface area contributed by atoms with E-state index in [1.54, 1.807) is 10.9 Å². The number of para-hydroxylation sites is 2. The second kappa shape index (κ2) is 7.89. The highest BCUT2D eigenvalue weighted by atomic mass is 16.5. The molecule has 2 N–H and O–H groups in total. The van der Waals surface area contributed by atoms with Gasteiger partial charge in [-0.15, -0.1) is 5.10 Å². The van der Waals surface area contributed by atoms with Crippen molar-refractivity contribution in [3.8, 4) is 0 Å². The molecule has 0 spiro atoms. The Balaban J connectivity index is 1.84. The standard InChI is InChI=1S/C17H21N7O2/c1-22(2)9-10-24-15-6-4-3-5-14(15)18-16(24)12-23-11-13(19-21-23)7-8-17(25)20-26/h3-8,11,26H,9-10,12H2,1-2H3,(H,20,25). The molecule has 1 amide bonds. The van der Waals surface area contributed by atoms with Gasteiger partial charge in [-0.2, -0.15) is 0 Å². The summed E-state index contributed by atoms with van der Waals surface area (Å²) in [6.07, 6.45) is 4.38. The molecule has 0 saturated heterocycles. The molecule has 1 aromatic carbocycles. The first kappa shape index (κ1) is 17.8. The third kappa shape index (κ3) is 4.13. The molecule has 9 nitrogen and oxygen atoms in total. The normalized spacial score (nSPS) is 11.7. The number of hydrogen-bond acceptors (Lipinski definition) is 6. The molecular formula is C17H21N7O2. The molecule has 0 bridgehead atoms. The van der Waals surface area contributed by atoms with Crippen molar-refractivity contribution in [3.05, 3.63) is 48.1 Å². The van der Waals surface area contributed by atoms with Gasteiger partial charge in [0.2, 0.25) is 0 Å². The summed E-state index contributed by atoms with van der Waals surface area (Å²) < 4.78 is 3.86. The minimum Gasteiger partial charge on any atom is -0.325 e. The molecule has 3 aromatic rings. The summed E-state index contributed by atoms with van der Waals surface area (Å²) in [5.74, 6) is 0.270. The maximum absolute atomic E-state index is 11.0. The second-order valence-electron chi connectivity index (χ2n) is 6.12. The van der Waals surface area contributed by atoms with Crippen molar-refractivity contribution in [1.82, 2.24) is 34.9 Å². The van der Waals surface area contributed by atoms with Gasteiger partial charge in [-0.05, 0) is 32.3 Å². The van der Waals surface area contributed by atoms with Crippen LogP contribution in [0.5, 0.6) is 0 Å². The first-order valence-corrected chi connectivity index (χ1v) is 8.18. The summed E-state index contributed by atoms with van der Waals surface area (Å²) in [7, 11) is 4.08. The molecule has 26 heavy (non-hydrogen) atoms. The lowest BCUT2D eigenvalue weighted by Gasteiger charge is -2.13. The van der Waals surface area contributed by atoms with Gasteiger partial charge in [0.05, 0.1) is 17.2 Å². The van der Waals surface area contributed by atoms with E-state index < -0.39 is 5.91 Å². The van der Waals surface area contributed by atoms with Crippen molar-refractivity contribution >= 4 is 23.0 Å². The lowest BCUT2D eigenvalue weighted by molar-refractivity contribution is -0.124. The van der Waals surface area contributed by atoms with Gasteiger partial charge in [0.25, 0.3) is 5.91 Å². The number of nitrogens with one attached hydrogen (secondary N) is 1. The van der Waals surface area contributed by atoms with Crippen LogP contribution in [0.25, 0.3) is 17.1 Å². The minimum absolute atomic E-state index is 0.467. The molecule has 0 atom stereocenters. The lowest BCUT2D eigenvalue weighted by atomic mass is 10.3. The smallest absolute Gasteiger partial charge is 0.267 e. The molecule has 0 aliphatic carbocycles. The highest BCUT2D eigenvalue weighted by Gasteiger charge is 2.12. The Morgan fingerprint density at radius 2 is 2.15 bits per heavy atom. The maximum atomic E-state index is 11.0. The zero-order valence-corrected chi connectivity index (χ0v) is 14.7. The van der Waals surface area contributed by atoms with Crippen LogP contribution in [0.2, 0.25) is 0 Å². The number of nitrogens with zero attached hydrogens (tertiary/aromatic N) is 6. The number of aromatic nitrogens is 5. The fourth-order valence-electron chi connectivity index (χ4n) is 2.61. The molecule has 136 valence electrons. The molecule has 2 aromatic heterocycles. The Hall–Kier alpha value is -3.04. The van der Waals surface area contributed by atoms with E-state index in [0.29, 0.717) is 12.2 Å². The van der Waals surface area contributed by atoms with Crippen LogP contribution >= 0.6 is 0 Å². The minimum atomic E-state index is -0.620. The topological polar surface area (TPSA) is 101 Å². The molecule has 0 aliphatic rings. The van der Waals surface area contributed by atoms with Crippen LogP contribution in [-0.2, 0) is 17.9 Å². The zero-order chi connectivity index (χ0) is 18.5. The Morgan fingerprint density at radius 3 is 2.92 bits per heavy atom. The predicted octanol–water partition coefficient (Wildman–Crippen LogP) is 0.756. The van der Waals surface area contributed by atoms with Gasteiger partial charge >= 0.3 is 0 Å². The number of hydroxylamine groups is 1. The Kier molecular flexibility index (Phi) is 5.40. The average molecular weight is 355 g/mol. The van der Waals surface area contributed by atoms with Crippen molar-refractivity contribution in [1.29, 1.82) is 0 Å². The van der Waals surface area contributed by atoms with E-state index in [2.05, 4.69) is 25.8 Å².